The number of ether oxygens (including phenoxy) is 1. The van der Waals surface area contributed by atoms with Crippen LogP contribution in [0.1, 0.15) is 65.2 Å². The molecule has 3 aliphatic rings. The Morgan fingerprint density at radius 3 is 2.22 bits per heavy atom. The Morgan fingerprint density at radius 2 is 1.67 bits per heavy atom. The second kappa shape index (κ2) is 4.79. The van der Waals surface area contributed by atoms with E-state index in [0.717, 1.165) is 12.6 Å². The normalized spacial score (nSPS) is 33.0. The Balaban J connectivity index is 1.55. The zero-order valence-electron chi connectivity index (χ0n) is 12.2. The van der Waals surface area contributed by atoms with E-state index in [2.05, 4.69) is 18.7 Å². The Bertz CT molecular complexity index is 285. The van der Waals surface area contributed by atoms with Gasteiger partial charge in [-0.05, 0) is 64.5 Å². The topological polar surface area (TPSA) is 12.5 Å². The molecule has 1 saturated carbocycles. The van der Waals surface area contributed by atoms with Crippen molar-refractivity contribution in [1.29, 1.82) is 0 Å². The summed E-state index contributed by atoms with van der Waals surface area (Å²) >= 11 is 0. The summed E-state index contributed by atoms with van der Waals surface area (Å²) in [4.78, 5) is 2.79. The number of piperidine rings is 1. The van der Waals surface area contributed by atoms with Gasteiger partial charge in [0.1, 0.15) is 0 Å². The summed E-state index contributed by atoms with van der Waals surface area (Å²) in [7, 11) is 0. The van der Waals surface area contributed by atoms with Crippen LogP contribution in [0.3, 0.4) is 0 Å². The molecule has 3 rings (SSSR count). The highest BCUT2D eigenvalue weighted by Crippen LogP contribution is 2.46. The molecule has 2 heteroatoms. The van der Waals surface area contributed by atoms with Crippen molar-refractivity contribution in [2.45, 2.75) is 76.9 Å². The monoisotopic (exact) mass is 251 g/mol. The third-order valence-corrected chi connectivity index (χ3v) is 5.52. The fourth-order valence-electron chi connectivity index (χ4n) is 4.48. The van der Waals surface area contributed by atoms with Crippen LogP contribution in [0.15, 0.2) is 0 Å². The molecule has 0 atom stereocenters. The first-order valence-electron chi connectivity index (χ1n) is 7.97. The third-order valence-electron chi connectivity index (χ3n) is 5.52. The number of rotatable bonds is 1. The van der Waals surface area contributed by atoms with Gasteiger partial charge in [0.25, 0.3) is 0 Å². The minimum Gasteiger partial charge on any atom is -0.375 e. The first-order chi connectivity index (χ1) is 8.59. The van der Waals surface area contributed by atoms with Gasteiger partial charge in [0.05, 0.1) is 12.2 Å². The van der Waals surface area contributed by atoms with Crippen LogP contribution in [0.5, 0.6) is 0 Å². The number of hydrogen-bond donors (Lipinski definition) is 0. The van der Waals surface area contributed by atoms with Gasteiger partial charge in [0, 0.05) is 6.04 Å². The van der Waals surface area contributed by atoms with Crippen LogP contribution in [0.25, 0.3) is 0 Å². The van der Waals surface area contributed by atoms with E-state index in [1.54, 1.807) is 0 Å². The highest BCUT2D eigenvalue weighted by atomic mass is 16.5. The molecule has 2 heterocycles. The summed E-state index contributed by atoms with van der Waals surface area (Å²) in [6.07, 6.45) is 11.3. The first-order valence-corrected chi connectivity index (χ1v) is 7.97. The Kier molecular flexibility index (Phi) is 3.44. The summed E-state index contributed by atoms with van der Waals surface area (Å²) in [6, 6.07) is 0.909. The van der Waals surface area contributed by atoms with Crippen molar-refractivity contribution in [3.8, 4) is 0 Å². The van der Waals surface area contributed by atoms with Crippen LogP contribution in [0, 0.1) is 5.41 Å². The van der Waals surface area contributed by atoms with Gasteiger partial charge >= 0.3 is 0 Å². The smallest absolute Gasteiger partial charge is 0.0633 e. The second-order valence-electron chi connectivity index (χ2n) is 7.55. The van der Waals surface area contributed by atoms with Crippen LogP contribution >= 0.6 is 0 Å². The van der Waals surface area contributed by atoms with Crippen LogP contribution in [0.2, 0.25) is 0 Å². The standard InChI is InChI=1S/C16H29NO/c1-15(2)12-16(13-18-15)8-10-17(11-9-16)14-6-4-3-5-7-14/h14H,3-13H2,1-2H3. The predicted octanol–water partition coefficient (Wildman–Crippen LogP) is 3.60. The van der Waals surface area contributed by atoms with Crippen molar-refractivity contribution in [2.75, 3.05) is 19.7 Å². The molecule has 0 N–H and O–H groups in total. The second-order valence-corrected chi connectivity index (χ2v) is 7.55. The third kappa shape index (κ3) is 2.60. The Labute approximate surface area is 112 Å². The molecule has 104 valence electrons. The highest BCUT2D eigenvalue weighted by Gasteiger charge is 2.46. The molecule has 0 amide bonds. The lowest BCUT2D eigenvalue weighted by Crippen LogP contribution is -2.46. The molecule has 2 nitrogen and oxygen atoms in total. The zero-order chi connectivity index (χ0) is 12.6. The maximum Gasteiger partial charge on any atom is 0.0633 e. The zero-order valence-corrected chi connectivity index (χ0v) is 12.2. The van der Waals surface area contributed by atoms with Crippen molar-refractivity contribution in [3.05, 3.63) is 0 Å². The van der Waals surface area contributed by atoms with Crippen molar-refractivity contribution in [1.82, 2.24) is 4.90 Å². The van der Waals surface area contributed by atoms with Gasteiger partial charge in [-0.25, -0.2) is 0 Å². The molecule has 2 aliphatic heterocycles. The molecule has 1 aliphatic carbocycles. The van der Waals surface area contributed by atoms with Gasteiger partial charge < -0.3 is 9.64 Å². The molecule has 0 aromatic heterocycles. The van der Waals surface area contributed by atoms with Crippen molar-refractivity contribution >= 4 is 0 Å². The molecule has 0 aromatic rings. The van der Waals surface area contributed by atoms with Gasteiger partial charge in [0.2, 0.25) is 0 Å². The number of nitrogens with zero attached hydrogens (tertiary/aromatic N) is 1. The lowest BCUT2D eigenvalue weighted by molar-refractivity contribution is 0.0193. The molecule has 0 bridgehead atoms. The van der Waals surface area contributed by atoms with Crippen LogP contribution in [0.4, 0.5) is 0 Å². The number of hydrogen-bond acceptors (Lipinski definition) is 2. The van der Waals surface area contributed by atoms with E-state index in [9.17, 15) is 0 Å². The average Bonchev–Trinajstić information content (AvgIpc) is 2.67. The summed E-state index contributed by atoms with van der Waals surface area (Å²) in [5.74, 6) is 0. The fraction of sp³-hybridized carbons (Fsp3) is 1.00. The molecule has 0 unspecified atom stereocenters. The molecule has 0 aromatic carbocycles. The van der Waals surface area contributed by atoms with Gasteiger partial charge in [-0.2, -0.15) is 0 Å². The van der Waals surface area contributed by atoms with Crippen LogP contribution in [-0.2, 0) is 4.74 Å². The maximum atomic E-state index is 6.00. The van der Waals surface area contributed by atoms with E-state index >= 15 is 0 Å². The lowest BCUT2D eigenvalue weighted by atomic mass is 9.74. The quantitative estimate of drug-likeness (QED) is 0.706. The van der Waals surface area contributed by atoms with E-state index in [4.69, 9.17) is 4.74 Å². The Morgan fingerprint density at radius 1 is 1.00 bits per heavy atom. The lowest BCUT2D eigenvalue weighted by Gasteiger charge is -2.43. The Hall–Kier alpha value is -0.0800. The number of likely N-dealkylation sites (tertiary alicyclic amines) is 1. The molecule has 3 fully saturated rings. The molecular weight excluding hydrogens is 222 g/mol. The van der Waals surface area contributed by atoms with E-state index in [0.29, 0.717) is 5.41 Å². The van der Waals surface area contributed by atoms with E-state index in [1.165, 1.54) is 64.5 Å². The largest absolute Gasteiger partial charge is 0.375 e. The van der Waals surface area contributed by atoms with Gasteiger partial charge in [-0.3, -0.25) is 0 Å². The van der Waals surface area contributed by atoms with Gasteiger partial charge in [0.15, 0.2) is 0 Å². The van der Waals surface area contributed by atoms with E-state index in [1.807, 2.05) is 0 Å². The van der Waals surface area contributed by atoms with Gasteiger partial charge in [-0.15, -0.1) is 0 Å². The van der Waals surface area contributed by atoms with Crippen molar-refractivity contribution in [2.24, 2.45) is 5.41 Å². The summed E-state index contributed by atoms with van der Waals surface area (Å²) in [6.45, 7) is 8.18. The van der Waals surface area contributed by atoms with E-state index in [-0.39, 0.29) is 5.60 Å². The minimum absolute atomic E-state index is 0.132. The maximum absolute atomic E-state index is 6.00. The van der Waals surface area contributed by atoms with Crippen molar-refractivity contribution in [3.63, 3.8) is 0 Å². The molecule has 1 spiro atoms. The minimum atomic E-state index is 0.132. The predicted molar refractivity (Wildman–Crippen MR) is 74.8 cm³/mol. The fourth-order valence-corrected chi connectivity index (χ4v) is 4.48. The van der Waals surface area contributed by atoms with Crippen molar-refractivity contribution < 1.29 is 4.74 Å². The summed E-state index contributed by atoms with van der Waals surface area (Å²) < 4.78 is 6.00. The van der Waals surface area contributed by atoms with Crippen LogP contribution < -0.4 is 0 Å². The van der Waals surface area contributed by atoms with Gasteiger partial charge in [-0.1, -0.05) is 19.3 Å². The molecule has 18 heavy (non-hydrogen) atoms. The molecular formula is C16H29NO. The highest BCUT2D eigenvalue weighted by molar-refractivity contribution is 4.96. The summed E-state index contributed by atoms with van der Waals surface area (Å²) in [5.41, 5.74) is 0.654. The first kappa shape index (κ1) is 12.9. The SMILES string of the molecule is CC1(C)CC2(CCN(C3CCCCC3)CC2)CO1. The van der Waals surface area contributed by atoms with E-state index < -0.39 is 0 Å². The molecule has 2 saturated heterocycles. The van der Waals surface area contributed by atoms with Crippen LogP contribution in [-0.4, -0.2) is 36.2 Å². The molecule has 0 radical (unpaired) electrons. The average molecular weight is 251 g/mol. The summed E-state index contributed by atoms with van der Waals surface area (Å²) in [5, 5.41) is 0.